The highest BCUT2D eigenvalue weighted by Gasteiger charge is 2.59. The third kappa shape index (κ3) is 0.406. The van der Waals surface area contributed by atoms with Crippen molar-refractivity contribution in [1.82, 2.24) is 0 Å². The fourth-order valence-electron chi connectivity index (χ4n) is 2.49. The van der Waals surface area contributed by atoms with Gasteiger partial charge in [0.15, 0.2) is 7.14 Å². The lowest BCUT2D eigenvalue weighted by Crippen LogP contribution is -2.05. The number of phenolic OH excluding ortho intramolecular Hbond substituents is 2. The highest BCUT2D eigenvalue weighted by molar-refractivity contribution is 7.96. The quantitative estimate of drug-likeness (QED) is 0.324. The first-order valence-corrected chi connectivity index (χ1v) is 6.00. The Balaban J connectivity index is 2.50. The number of aromatic hydroxyl groups is 2. The van der Waals surface area contributed by atoms with Crippen LogP contribution in [-0.2, 0) is 4.57 Å². The van der Waals surface area contributed by atoms with E-state index in [1.807, 2.05) is 0 Å². The van der Waals surface area contributed by atoms with Gasteiger partial charge < -0.3 is 14.8 Å². The van der Waals surface area contributed by atoms with Crippen LogP contribution in [0.15, 0.2) is 18.2 Å². The number of phenols is 2. The molecule has 3 nitrogen and oxygen atoms in total. The maximum Gasteiger partial charge on any atom is 0.180 e. The first-order chi connectivity index (χ1) is 6.67. The Hall–Kier alpha value is -1.47. The molecule has 2 aromatic carbocycles. The molecule has 2 N–H and O–H groups in total. The molecule has 3 heterocycles. The summed E-state index contributed by atoms with van der Waals surface area (Å²) in [5.74, 6) is 0.218. The van der Waals surface area contributed by atoms with E-state index < -0.39 is 7.14 Å². The summed E-state index contributed by atoms with van der Waals surface area (Å²) in [6.07, 6.45) is 0. The zero-order chi connectivity index (χ0) is 9.66. The molecule has 0 saturated carbocycles. The van der Waals surface area contributed by atoms with Gasteiger partial charge in [-0.25, -0.2) is 0 Å². The predicted molar refractivity (Wildman–Crippen MR) is 53.8 cm³/mol. The summed E-state index contributed by atoms with van der Waals surface area (Å²) in [5, 5.41) is 22.4. The molecule has 0 saturated heterocycles. The summed E-state index contributed by atoms with van der Waals surface area (Å²) >= 11 is 0. The summed E-state index contributed by atoms with van der Waals surface area (Å²) in [7, 11) is -2.63. The Kier molecular flexibility index (Phi) is 0.775. The van der Waals surface area contributed by atoms with Gasteiger partial charge in [0.05, 0.1) is 10.6 Å². The van der Waals surface area contributed by atoms with Crippen LogP contribution in [-0.4, -0.2) is 10.2 Å². The highest BCUT2D eigenvalue weighted by atomic mass is 31.2. The van der Waals surface area contributed by atoms with Crippen molar-refractivity contribution in [3.05, 3.63) is 18.2 Å². The van der Waals surface area contributed by atoms with Gasteiger partial charge in [-0.15, -0.1) is 0 Å². The Labute approximate surface area is 79.0 Å². The van der Waals surface area contributed by atoms with Crippen LogP contribution in [0.1, 0.15) is 0 Å². The lowest BCUT2D eigenvalue weighted by atomic mass is 10.1. The summed E-state index contributed by atoms with van der Waals surface area (Å²) in [4.78, 5) is 0. The number of hydrogen-bond donors (Lipinski definition) is 2. The first-order valence-electron chi connectivity index (χ1n) is 4.29. The molecule has 6 bridgehead atoms. The van der Waals surface area contributed by atoms with Gasteiger partial charge in [-0.05, 0) is 0 Å². The molecule has 0 spiro atoms. The van der Waals surface area contributed by atoms with Crippen LogP contribution in [0.3, 0.4) is 0 Å². The molecule has 0 aliphatic carbocycles. The Morgan fingerprint density at radius 1 is 1.07 bits per heavy atom. The lowest BCUT2D eigenvalue weighted by molar-refractivity contribution is 0.478. The van der Waals surface area contributed by atoms with Gasteiger partial charge >= 0.3 is 0 Å². The number of benzene rings is 2. The Morgan fingerprint density at radius 2 is 1.79 bits per heavy atom. The Bertz CT molecular complexity index is 688. The average Bonchev–Trinajstić information content (AvgIpc) is 2.76. The van der Waals surface area contributed by atoms with E-state index in [4.69, 9.17) is 0 Å². The zero-order valence-corrected chi connectivity index (χ0v) is 7.88. The van der Waals surface area contributed by atoms with Crippen LogP contribution in [0.5, 0.6) is 11.5 Å². The van der Waals surface area contributed by atoms with Gasteiger partial charge in [-0.3, -0.25) is 0 Å². The van der Waals surface area contributed by atoms with Crippen LogP contribution in [0.25, 0.3) is 10.8 Å². The maximum atomic E-state index is 12.3. The fourth-order valence-corrected chi connectivity index (χ4v) is 5.58. The second kappa shape index (κ2) is 1.57. The Morgan fingerprint density at radius 3 is 2.57 bits per heavy atom. The molecule has 0 aromatic heterocycles. The van der Waals surface area contributed by atoms with E-state index in [0.717, 1.165) is 0 Å². The SMILES string of the molecule is O=P12c3c1c(O)c1c2cccc1c3O. The summed E-state index contributed by atoms with van der Waals surface area (Å²) in [5.41, 5.74) is 0. The normalized spacial score (nSPS) is 24.9. The van der Waals surface area contributed by atoms with Crippen LogP contribution in [0.4, 0.5) is 0 Å². The second-order valence-corrected chi connectivity index (χ2v) is 6.30. The molecule has 2 aromatic rings. The molecule has 0 radical (unpaired) electrons. The number of hydrogen-bond acceptors (Lipinski definition) is 3. The first kappa shape index (κ1) is 6.91. The van der Waals surface area contributed by atoms with E-state index >= 15 is 0 Å². The lowest BCUT2D eigenvalue weighted by Gasteiger charge is -2.07. The van der Waals surface area contributed by atoms with Crippen LogP contribution in [0.2, 0.25) is 0 Å². The van der Waals surface area contributed by atoms with Crippen molar-refractivity contribution in [3.8, 4) is 11.5 Å². The number of rotatable bonds is 0. The minimum absolute atomic E-state index is 0.101. The van der Waals surface area contributed by atoms with Gasteiger partial charge in [-0.1, -0.05) is 18.2 Å². The molecule has 14 heavy (non-hydrogen) atoms. The third-order valence-electron chi connectivity index (χ3n) is 3.13. The van der Waals surface area contributed by atoms with Gasteiger partial charge in [0, 0.05) is 16.1 Å². The van der Waals surface area contributed by atoms with Gasteiger partial charge in [0.1, 0.15) is 11.5 Å². The van der Waals surface area contributed by atoms with E-state index in [1.165, 1.54) is 0 Å². The summed E-state index contributed by atoms with van der Waals surface area (Å²) < 4.78 is 12.3. The summed E-state index contributed by atoms with van der Waals surface area (Å²) in [6, 6.07) is 5.26. The van der Waals surface area contributed by atoms with Gasteiger partial charge in [0.2, 0.25) is 0 Å². The topological polar surface area (TPSA) is 57.5 Å². The summed E-state index contributed by atoms with van der Waals surface area (Å²) in [6.45, 7) is 0. The van der Waals surface area contributed by atoms with E-state index in [1.54, 1.807) is 18.2 Å². The van der Waals surface area contributed by atoms with E-state index in [0.29, 0.717) is 26.7 Å². The van der Waals surface area contributed by atoms with Gasteiger partial charge in [-0.2, -0.15) is 0 Å². The largest absolute Gasteiger partial charge is 0.506 e. The third-order valence-corrected chi connectivity index (χ3v) is 6.08. The molecular weight excluding hydrogens is 199 g/mol. The minimum atomic E-state index is -2.63. The van der Waals surface area contributed by atoms with Crippen LogP contribution < -0.4 is 15.9 Å². The van der Waals surface area contributed by atoms with Crippen LogP contribution >= 0.6 is 7.14 Å². The van der Waals surface area contributed by atoms with Crippen molar-refractivity contribution in [2.45, 2.75) is 0 Å². The molecule has 1 unspecified atom stereocenters. The van der Waals surface area contributed by atoms with Crippen LogP contribution in [0, 0.1) is 0 Å². The van der Waals surface area contributed by atoms with Crippen molar-refractivity contribution in [2.24, 2.45) is 0 Å². The minimum Gasteiger partial charge on any atom is -0.506 e. The average molecular weight is 204 g/mol. The molecule has 3 aliphatic rings. The van der Waals surface area contributed by atoms with Crippen molar-refractivity contribution < 1.29 is 14.8 Å². The zero-order valence-electron chi connectivity index (χ0n) is 6.98. The predicted octanol–water partition coefficient (Wildman–Crippen LogP) is 0.517. The van der Waals surface area contributed by atoms with Crippen molar-refractivity contribution in [1.29, 1.82) is 0 Å². The molecule has 0 amide bonds. The van der Waals surface area contributed by atoms with E-state index in [2.05, 4.69) is 0 Å². The monoisotopic (exact) mass is 204 g/mol. The molecule has 3 aliphatic heterocycles. The molecule has 4 heteroatoms. The highest BCUT2D eigenvalue weighted by Crippen LogP contribution is 2.67. The second-order valence-electron chi connectivity index (χ2n) is 3.70. The molecule has 0 fully saturated rings. The van der Waals surface area contributed by atoms with Gasteiger partial charge in [0.25, 0.3) is 0 Å². The smallest absolute Gasteiger partial charge is 0.180 e. The maximum absolute atomic E-state index is 12.3. The standard InChI is InChI=1S/C10H5O3P/c11-7-4-2-1-3-5-6(4)8(12)10-9(7)14(5,10)13/h1-3,11-12H. The van der Waals surface area contributed by atoms with Crippen molar-refractivity contribution in [2.75, 3.05) is 0 Å². The molecule has 68 valence electrons. The van der Waals surface area contributed by atoms with E-state index in [9.17, 15) is 14.8 Å². The molecule has 1 atom stereocenters. The molecular formula is C10H5O3P. The van der Waals surface area contributed by atoms with Crippen molar-refractivity contribution >= 4 is 33.8 Å². The molecule has 5 rings (SSSR count). The van der Waals surface area contributed by atoms with E-state index in [-0.39, 0.29) is 11.5 Å². The fraction of sp³-hybridized carbons (Fsp3) is 0. The van der Waals surface area contributed by atoms with Crippen molar-refractivity contribution in [3.63, 3.8) is 0 Å².